The van der Waals surface area contributed by atoms with Gasteiger partial charge < -0.3 is 15.3 Å². The minimum Gasteiger partial charge on any atom is -0.391 e. The lowest BCUT2D eigenvalue weighted by Crippen LogP contribution is -2.51. The first-order chi connectivity index (χ1) is 9.61. The van der Waals surface area contributed by atoms with Gasteiger partial charge in [-0.15, -0.1) is 0 Å². The molecule has 5 heteroatoms. The molecule has 2 N–H and O–H groups in total. The molecule has 0 aromatic heterocycles. The van der Waals surface area contributed by atoms with E-state index in [1.807, 2.05) is 6.92 Å². The van der Waals surface area contributed by atoms with Gasteiger partial charge in [0.15, 0.2) is 0 Å². The zero-order valence-corrected chi connectivity index (χ0v) is 11.7. The Labute approximate surface area is 118 Å². The van der Waals surface area contributed by atoms with Crippen molar-refractivity contribution in [3.63, 3.8) is 0 Å². The van der Waals surface area contributed by atoms with Gasteiger partial charge >= 0.3 is 6.03 Å². The van der Waals surface area contributed by atoms with Crippen LogP contribution in [0.4, 0.5) is 14.9 Å². The number of carbonyl (C=O) groups is 1. The predicted molar refractivity (Wildman–Crippen MR) is 76.1 cm³/mol. The maximum Gasteiger partial charge on any atom is 0.322 e. The fraction of sp³-hybridized carbons (Fsp3) is 0.533. The summed E-state index contributed by atoms with van der Waals surface area (Å²) in [4.78, 5) is 14.0. The van der Waals surface area contributed by atoms with E-state index in [1.54, 1.807) is 17.0 Å². The molecule has 20 heavy (non-hydrogen) atoms. The molecule has 1 aromatic rings. The van der Waals surface area contributed by atoms with E-state index in [4.69, 9.17) is 0 Å². The maximum absolute atomic E-state index is 13.1. The summed E-state index contributed by atoms with van der Waals surface area (Å²) in [6.45, 7) is 2.53. The van der Waals surface area contributed by atoms with Crippen molar-refractivity contribution in [2.24, 2.45) is 0 Å². The highest BCUT2D eigenvalue weighted by Crippen LogP contribution is 2.22. The Balaban J connectivity index is 2.06. The van der Waals surface area contributed by atoms with Crippen LogP contribution in [0.1, 0.15) is 32.6 Å². The average molecular weight is 280 g/mol. The molecule has 1 aromatic carbocycles. The highest BCUT2D eigenvalue weighted by molar-refractivity contribution is 5.89. The van der Waals surface area contributed by atoms with Gasteiger partial charge in [0.2, 0.25) is 0 Å². The smallest absolute Gasteiger partial charge is 0.322 e. The highest BCUT2D eigenvalue weighted by Gasteiger charge is 2.31. The molecule has 0 unspecified atom stereocenters. The lowest BCUT2D eigenvalue weighted by atomic mass is 9.96. The number of carbonyl (C=O) groups excluding carboxylic acids is 1. The number of urea groups is 1. The van der Waals surface area contributed by atoms with E-state index < -0.39 is 6.10 Å². The molecule has 4 nitrogen and oxygen atoms in total. The third-order valence-electron chi connectivity index (χ3n) is 3.75. The van der Waals surface area contributed by atoms with Gasteiger partial charge in [-0.1, -0.05) is 13.0 Å². The second kappa shape index (κ2) is 6.70. The van der Waals surface area contributed by atoms with E-state index in [9.17, 15) is 14.3 Å². The van der Waals surface area contributed by atoms with E-state index in [1.165, 1.54) is 12.1 Å². The number of nitrogens with one attached hydrogen (secondary N) is 1. The van der Waals surface area contributed by atoms with Crippen molar-refractivity contribution in [1.29, 1.82) is 0 Å². The van der Waals surface area contributed by atoms with Crippen LogP contribution in [0, 0.1) is 5.82 Å². The number of nitrogens with zero attached hydrogens (tertiary/aromatic N) is 1. The Morgan fingerprint density at radius 2 is 2.35 bits per heavy atom. The third kappa shape index (κ3) is 3.48. The number of halogens is 1. The number of hydrogen-bond acceptors (Lipinski definition) is 2. The van der Waals surface area contributed by atoms with E-state index >= 15 is 0 Å². The summed E-state index contributed by atoms with van der Waals surface area (Å²) in [6.07, 6.45) is 2.88. The molecule has 2 atom stereocenters. The van der Waals surface area contributed by atoms with Crippen molar-refractivity contribution in [2.75, 3.05) is 11.9 Å². The molecule has 0 bridgehead atoms. The second-order valence-corrected chi connectivity index (χ2v) is 5.17. The van der Waals surface area contributed by atoms with E-state index in [0.717, 1.165) is 19.3 Å². The van der Waals surface area contributed by atoms with E-state index in [0.29, 0.717) is 18.7 Å². The standard InChI is InChI=1S/C15H21FN2O2/c1-2-14(19)13-8-3-4-9-18(13)15(20)17-12-7-5-6-11(16)10-12/h5-7,10,13-14,19H,2-4,8-9H2,1H3,(H,17,20)/t13-,14+/m1/s1. The zero-order chi connectivity index (χ0) is 14.5. The topological polar surface area (TPSA) is 52.6 Å². The zero-order valence-electron chi connectivity index (χ0n) is 11.7. The molecule has 2 amide bonds. The van der Waals surface area contributed by atoms with Gasteiger partial charge in [0.1, 0.15) is 5.82 Å². The molecular formula is C15H21FN2O2. The quantitative estimate of drug-likeness (QED) is 0.894. The van der Waals surface area contributed by atoms with Gasteiger partial charge in [0.25, 0.3) is 0 Å². The normalized spacial score (nSPS) is 20.6. The summed E-state index contributed by atoms with van der Waals surface area (Å²) >= 11 is 0. The molecule has 1 heterocycles. The lowest BCUT2D eigenvalue weighted by molar-refractivity contribution is 0.0471. The van der Waals surface area contributed by atoms with Gasteiger partial charge in [-0.2, -0.15) is 0 Å². The summed E-state index contributed by atoms with van der Waals surface area (Å²) in [7, 11) is 0. The molecule has 0 saturated carbocycles. The number of likely N-dealkylation sites (tertiary alicyclic amines) is 1. The van der Waals surface area contributed by atoms with Crippen LogP contribution < -0.4 is 5.32 Å². The third-order valence-corrected chi connectivity index (χ3v) is 3.75. The number of piperidine rings is 1. The summed E-state index contributed by atoms with van der Waals surface area (Å²) < 4.78 is 13.1. The van der Waals surface area contributed by atoms with Crippen molar-refractivity contribution >= 4 is 11.7 Å². The Morgan fingerprint density at radius 3 is 3.05 bits per heavy atom. The van der Waals surface area contributed by atoms with Crippen LogP contribution in [0.25, 0.3) is 0 Å². The maximum atomic E-state index is 13.1. The van der Waals surface area contributed by atoms with Crippen LogP contribution in [-0.4, -0.2) is 34.7 Å². The number of amides is 2. The largest absolute Gasteiger partial charge is 0.391 e. The molecule has 0 radical (unpaired) electrons. The Bertz CT molecular complexity index is 467. The number of rotatable bonds is 3. The van der Waals surface area contributed by atoms with Crippen LogP contribution in [-0.2, 0) is 0 Å². The number of aliphatic hydroxyl groups excluding tert-OH is 1. The van der Waals surface area contributed by atoms with Crippen LogP contribution >= 0.6 is 0 Å². The second-order valence-electron chi connectivity index (χ2n) is 5.17. The van der Waals surface area contributed by atoms with Gasteiger partial charge in [0, 0.05) is 12.2 Å². The predicted octanol–water partition coefficient (Wildman–Crippen LogP) is 2.98. The average Bonchev–Trinajstić information content (AvgIpc) is 2.46. The van der Waals surface area contributed by atoms with Crippen molar-refractivity contribution in [3.8, 4) is 0 Å². The molecule has 0 spiro atoms. The molecular weight excluding hydrogens is 259 g/mol. The monoisotopic (exact) mass is 280 g/mol. The van der Waals surface area contributed by atoms with Crippen LogP contribution in [0.15, 0.2) is 24.3 Å². The molecule has 1 fully saturated rings. The summed E-state index contributed by atoms with van der Waals surface area (Å²) in [5, 5.41) is 12.7. The Morgan fingerprint density at radius 1 is 1.55 bits per heavy atom. The van der Waals surface area contributed by atoms with Crippen LogP contribution in [0.2, 0.25) is 0 Å². The molecule has 1 aliphatic rings. The molecule has 110 valence electrons. The Kier molecular flexibility index (Phi) is 4.95. The number of hydrogen-bond donors (Lipinski definition) is 2. The summed E-state index contributed by atoms with van der Waals surface area (Å²) in [5.74, 6) is -0.383. The first-order valence-corrected chi connectivity index (χ1v) is 7.13. The molecule has 0 aliphatic carbocycles. The minimum absolute atomic E-state index is 0.151. The van der Waals surface area contributed by atoms with Crippen molar-refractivity contribution in [3.05, 3.63) is 30.1 Å². The highest BCUT2D eigenvalue weighted by atomic mass is 19.1. The van der Waals surface area contributed by atoms with Crippen molar-refractivity contribution < 1.29 is 14.3 Å². The van der Waals surface area contributed by atoms with Gasteiger partial charge in [-0.25, -0.2) is 9.18 Å². The van der Waals surface area contributed by atoms with E-state index in [-0.39, 0.29) is 17.9 Å². The van der Waals surface area contributed by atoms with Crippen molar-refractivity contribution in [2.45, 2.75) is 44.8 Å². The van der Waals surface area contributed by atoms with Gasteiger partial charge in [-0.3, -0.25) is 0 Å². The van der Waals surface area contributed by atoms with Crippen LogP contribution in [0.3, 0.4) is 0 Å². The van der Waals surface area contributed by atoms with Gasteiger partial charge in [0.05, 0.1) is 12.1 Å². The SMILES string of the molecule is CC[C@H](O)[C@H]1CCCCN1C(=O)Nc1cccc(F)c1. The fourth-order valence-electron chi connectivity index (χ4n) is 2.64. The number of aliphatic hydroxyl groups is 1. The number of benzene rings is 1. The summed E-state index contributed by atoms with van der Waals surface area (Å²) in [5.41, 5.74) is 0.435. The van der Waals surface area contributed by atoms with Crippen molar-refractivity contribution in [1.82, 2.24) is 4.90 Å². The Hall–Kier alpha value is -1.62. The fourth-order valence-corrected chi connectivity index (χ4v) is 2.64. The summed E-state index contributed by atoms with van der Waals surface area (Å²) in [6, 6.07) is 5.40. The van der Waals surface area contributed by atoms with Crippen LogP contribution in [0.5, 0.6) is 0 Å². The molecule has 1 saturated heterocycles. The number of anilines is 1. The first-order valence-electron chi connectivity index (χ1n) is 7.13. The molecule has 2 rings (SSSR count). The molecule has 1 aliphatic heterocycles. The lowest BCUT2D eigenvalue weighted by Gasteiger charge is -2.38. The minimum atomic E-state index is -0.506. The van der Waals surface area contributed by atoms with Gasteiger partial charge in [-0.05, 0) is 43.9 Å². The van der Waals surface area contributed by atoms with E-state index in [2.05, 4.69) is 5.32 Å². The first kappa shape index (κ1) is 14.8.